The van der Waals surface area contributed by atoms with E-state index in [0.29, 0.717) is 35.7 Å². The van der Waals surface area contributed by atoms with Crippen molar-refractivity contribution in [3.05, 3.63) is 63.5 Å². The van der Waals surface area contributed by atoms with Crippen LogP contribution in [-0.2, 0) is 6.54 Å². The van der Waals surface area contributed by atoms with Crippen LogP contribution in [0.1, 0.15) is 5.56 Å². The van der Waals surface area contributed by atoms with Crippen LogP contribution in [0.25, 0.3) is 11.0 Å². The Kier molecular flexibility index (Phi) is 5.35. The van der Waals surface area contributed by atoms with E-state index in [-0.39, 0.29) is 17.1 Å². The van der Waals surface area contributed by atoms with E-state index in [1.165, 1.54) is 18.2 Å². The smallest absolute Gasteiger partial charge is 0.336 e. The summed E-state index contributed by atoms with van der Waals surface area (Å²) in [5.41, 5.74) is 0.414. The minimum atomic E-state index is -0.511. The molecule has 0 aliphatic heterocycles. The van der Waals surface area contributed by atoms with Crippen LogP contribution in [0.15, 0.2) is 51.7 Å². The van der Waals surface area contributed by atoms with Gasteiger partial charge in [-0.05, 0) is 42.9 Å². The summed E-state index contributed by atoms with van der Waals surface area (Å²) in [7, 11) is 1.89. The van der Waals surface area contributed by atoms with Crippen LogP contribution in [-0.4, -0.2) is 35.3 Å². The molecular formula is C19H18ClNO5. The number of hydrogen-bond acceptors (Lipinski definition) is 6. The Hall–Kier alpha value is -2.70. The van der Waals surface area contributed by atoms with Gasteiger partial charge in [0.15, 0.2) is 11.5 Å². The van der Waals surface area contributed by atoms with Gasteiger partial charge in [-0.2, -0.15) is 0 Å². The van der Waals surface area contributed by atoms with E-state index in [0.717, 1.165) is 5.75 Å². The van der Waals surface area contributed by atoms with Crippen molar-refractivity contribution in [1.82, 2.24) is 4.90 Å². The number of halogens is 1. The van der Waals surface area contributed by atoms with Gasteiger partial charge in [0.1, 0.15) is 17.9 Å². The molecule has 0 amide bonds. The van der Waals surface area contributed by atoms with Gasteiger partial charge in [-0.3, -0.25) is 4.90 Å². The molecule has 0 aliphatic rings. The highest BCUT2D eigenvalue weighted by molar-refractivity contribution is 6.30. The van der Waals surface area contributed by atoms with E-state index < -0.39 is 5.63 Å². The number of nitrogens with zero attached hydrogens (tertiary/aromatic N) is 1. The van der Waals surface area contributed by atoms with Crippen LogP contribution in [0.3, 0.4) is 0 Å². The summed E-state index contributed by atoms with van der Waals surface area (Å²) in [6, 6.07) is 11.1. The van der Waals surface area contributed by atoms with Crippen LogP contribution in [0.4, 0.5) is 0 Å². The average Bonchev–Trinajstić information content (AvgIpc) is 2.58. The first kappa shape index (κ1) is 18.1. The zero-order chi connectivity index (χ0) is 18.7. The highest BCUT2D eigenvalue weighted by Crippen LogP contribution is 2.31. The molecule has 0 bridgehead atoms. The predicted molar refractivity (Wildman–Crippen MR) is 99.1 cm³/mol. The van der Waals surface area contributed by atoms with Crippen molar-refractivity contribution in [2.45, 2.75) is 6.54 Å². The van der Waals surface area contributed by atoms with Gasteiger partial charge in [0.25, 0.3) is 0 Å². The second-order valence-electron chi connectivity index (χ2n) is 5.97. The lowest BCUT2D eigenvalue weighted by atomic mass is 10.1. The monoisotopic (exact) mass is 375 g/mol. The molecular weight excluding hydrogens is 358 g/mol. The Labute approximate surface area is 154 Å². The molecule has 1 heterocycles. The van der Waals surface area contributed by atoms with E-state index in [2.05, 4.69) is 0 Å². The van der Waals surface area contributed by atoms with Gasteiger partial charge in [0.2, 0.25) is 0 Å². The number of fused-ring (bicyclic) bond motifs is 1. The molecule has 7 heteroatoms. The lowest BCUT2D eigenvalue weighted by Crippen LogP contribution is -2.24. The highest BCUT2D eigenvalue weighted by Gasteiger charge is 2.12. The second-order valence-corrected chi connectivity index (χ2v) is 6.40. The Morgan fingerprint density at radius 3 is 2.54 bits per heavy atom. The molecule has 6 nitrogen and oxygen atoms in total. The van der Waals surface area contributed by atoms with E-state index >= 15 is 0 Å². The number of likely N-dealkylation sites (N-methyl/N-ethyl adjacent to an activating group) is 1. The molecule has 0 atom stereocenters. The van der Waals surface area contributed by atoms with Crippen molar-refractivity contribution < 1.29 is 19.4 Å². The van der Waals surface area contributed by atoms with Gasteiger partial charge in [-0.1, -0.05) is 11.6 Å². The SMILES string of the molecule is CN(CCOc1ccc(Cl)cc1)Cc1cc(=O)oc2cc(O)c(O)cc12. The number of phenols is 2. The Morgan fingerprint density at radius 2 is 1.81 bits per heavy atom. The summed E-state index contributed by atoms with van der Waals surface area (Å²) in [6.45, 7) is 1.54. The molecule has 0 saturated carbocycles. The van der Waals surface area contributed by atoms with Gasteiger partial charge in [-0.25, -0.2) is 4.79 Å². The van der Waals surface area contributed by atoms with Crippen LogP contribution in [0.5, 0.6) is 17.2 Å². The highest BCUT2D eigenvalue weighted by atomic mass is 35.5. The maximum Gasteiger partial charge on any atom is 0.336 e. The van der Waals surface area contributed by atoms with Gasteiger partial charge < -0.3 is 19.4 Å². The lowest BCUT2D eigenvalue weighted by Gasteiger charge is -2.18. The molecule has 0 radical (unpaired) electrons. The number of ether oxygens (including phenoxy) is 1. The van der Waals surface area contributed by atoms with Crippen molar-refractivity contribution in [1.29, 1.82) is 0 Å². The minimum Gasteiger partial charge on any atom is -0.504 e. The Morgan fingerprint density at radius 1 is 1.12 bits per heavy atom. The molecule has 2 N–H and O–H groups in total. The normalized spacial score (nSPS) is 11.2. The first-order valence-corrected chi connectivity index (χ1v) is 8.36. The molecule has 0 unspecified atom stereocenters. The second kappa shape index (κ2) is 7.68. The molecule has 2 aromatic carbocycles. The fourth-order valence-corrected chi connectivity index (χ4v) is 2.73. The minimum absolute atomic E-state index is 0.230. The van der Waals surface area contributed by atoms with Crippen molar-refractivity contribution in [3.63, 3.8) is 0 Å². The van der Waals surface area contributed by atoms with E-state index in [9.17, 15) is 15.0 Å². The molecule has 0 aliphatic carbocycles. The molecule has 0 fully saturated rings. The van der Waals surface area contributed by atoms with Gasteiger partial charge in [0, 0.05) is 35.6 Å². The Bertz CT molecular complexity index is 968. The zero-order valence-corrected chi connectivity index (χ0v) is 14.9. The first-order valence-electron chi connectivity index (χ1n) is 7.98. The third-order valence-electron chi connectivity index (χ3n) is 3.92. The summed E-state index contributed by atoms with van der Waals surface area (Å²) in [6.07, 6.45) is 0. The fourth-order valence-electron chi connectivity index (χ4n) is 2.60. The number of rotatable bonds is 6. The maximum absolute atomic E-state index is 11.7. The van der Waals surface area contributed by atoms with E-state index in [4.69, 9.17) is 20.8 Å². The average molecular weight is 376 g/mol. The molecule has 0 spiro atoms. The maximum atomic E-state index is 11.7. The van der Waals surface area contributed by atoms with E-state index in [1.807, 2.05) is 11.9 Å². The van der Waals surface area contributed by atoms with Crippen LogP contribution in [0.2, 0.25) is 5.02 Å². The molecule has 26 heavy (non-hydrogen) atoms. The molecule has 3 aromatic rings. The number of phenolic OH excluding ortho intramolecular Hbond substituents is 2. The van der Waals surface area contributed by atoms with Crippen molar-refractivity contribution in [3.8, 4) is 17.2 Å². The van der Waals surface area contributed by atoms with Gasteiger partial charge in [-0.15, -0.1) is 0 Å². The van der Waals surface area contributed by atoms with Crippen LogP contribution >= 0.6 is 11.6 Å². The standard InChI is InChI=1S/C19H18ClNO5/c1-21(6-7-25-14-4-2-13(20)3-5-14)11-12-8-19(24)26-18-10-17(23)16(22)9-15(12)18/h2-5,8-10,22-23H,6-7,11H2,1H3. The third-order valence-corrected chi connectivity index (χ3v) is 4.17. The van der Waals surface area contributed by atoms with Crippen LogP contribution < -0.4 is 10.4 Å². The summed E-state index contributed by atoms with van der Waals surface area (Å²) in [4.78, 5) is 13.7. The van der Waals surface area contributed by atoms with Gasteiger partial charge >= 0.3 is 5.63 Å². The van der Waals surface area contributed by atoms with Crippen molar-refractivity contribution in [2.75, 3.05) is 20.2 Å². The van der Waals surface area contributed by atoms with E-state index in [1.54, 1.807) is 24.3 Å². The van der Waals surface area contributed by atoms with Crippen LogP contribution in [0, 0.1) is 0 Å². The summed E-state index contributed by atoms with van der Waals surface area (Å²) in [5, 5.41) is 20.5. The summed E-state index contributed by atoms with van der Waals surface area (Å²) < 4.78 is 10.7. The molecule has 3 rings (SSSR count). The summed E-state index contributed by atoms with van der Waals surface area (Å²) >= 11 is 5.84. The number of benzene rings is 2. The quantitative estimate of drug-likeness (QED) is 0.507. The number of hydrogen-bond donors (Lipinski definition) is 2. The largest absolute Gasteiger partial charge is 0.504 e. The molecule has 1 aromatic heterocycles. The zero-order valence-electron chi connectivity index (χ0n) is 14.1. The fraction of sp³-hybridized carbons (Fsp3) is 0.211. The van der Waals surface area contributed by atoms with Crippen molar-refractivity contribution in [2.24, 2.45) is 0 Å². The third kappa shape index (κ3) is 4.28. The van der Waals surface area contributed by atoms with Crippen molar-refractivity contribution >= 4 is 22.6 Å². The first-order chi connectivity index (χ1) is 12.4. The van der Waals surface area contributed by atoms with Gasteiger partial charge in [0.05, 0.1) is 0 Å². The number of aromatic hydroxyl groups is 2. The predicted octanol–water partition coefficient (Wildman–Crippen LogP) is 3.37. The topological polar surface area (TPSA) is 83.1 Å². The molecule has 136 valence electrons. The molecule has 0 saturated heterocycles. The summed E-state index contributed by atoms with van der Waals surface area (Å²) in [5.74, 6) is 0.137. The lowest BCUT2D eigenvalue weighted by molar-refractivity contribution is 0.233. The Balaban J connectivity index is 1.68.